The van der Waals surface area contributed by atoms with Gasteiger partial charge in [-0.25, -0.2) is 0 Å². The molecule has 0 N–H and O–H groups in total. The van der Waals surface area contributed by atoms with E-state index in [1.54, 1.807) is 0 Å². The van der Waals surface area contributed by atoms with Gasteiger partial charge in [-0.05, 0) is 30.7 Å². The maximum atomic E-state index is 13.0. The zero-order valence-electron chi connectivity index (χ0n) is 14.6. The van der Waals surface area contributed by atoms with E-state index in [1.165, 1.54) is 5.56 Å². The van der Waals surface area contributed by atoms with E-state index in [-0.39, 0.29) is 23.7 Å². The number of amides is 2. The van der Waals surface area contributed by atoms with Gasteiger partial charge in [0.05, 0.1) is 5.41 Å². The van der Waals surface area contributed by atoms with Gasteiger partial charge < -0.3 is 9.80 Å². The number of rotatable bonds is 2. The molecule has 2 heterocycles. The molecule has 2 aliphatic heterocycles. The van der Waals surface area contributed by atoms with E-state index in [4.69, 9.17) is 0 Å². The van der Waals surface area contributed by atoms with Crippen LogP contribution in [0.3, 0.4) is 0 Å². The monoisotopic (exact) mass is 326 g/mol. The Hall–Kier alpha value is -1.84. The number of benzene rings is 1. The van der Waals surface area contributed by atoms with Crippen molar-refractivity contribution in [2.45, 2.75) is 32.1 Å². The second-order valence-corrected chi connectivity index (χ2v) is 8.09. The molecule has 4 rings (SSSR count). The molecular formula is C20H26N2O2. The number of hydrogen-bond acceptors (Lipinski definition) is 2. The molecule has 3 aliphatic rings. The molecule has 1 spiro atoms. The fourth-order valence-corrected chi connectivity index (χ4v) is 5.01. The second kappa shape index (κ2) is 5.61. The first-order valence-electron chi connectivity index (χ1n) is 9.10. The zero-order chi connectivity index (χ0) is 16.9. The predicted octanol–water partition coefficient (Wildman–Crippen LogP) is 2.51. The largest absolute Gasteiger partial charge is 0.345 e. The summed E-state index contributed by atoms with van der Waals surface area (Å²) in [5, 5.41) is 0. The summed E-state index contributed by atoms with van der Waals surface area (Å²) < 4.78 is 0. The predicted molar refractivity (Wildman–Crippen MR) is 92.3 cm³/mol. The Labute approximate surface area is 143 Å². The van der Waals surface area contributed by atoms with Crippen LogP contribution in [0.4, 0.5) is 0 Å². The summed E-state index contributed by atoms with van der Waals surface area (Å²) in [5.41, 5.74) is 0.808. The van der Waals surface area contributed by atoms with Crippen LogP contribution in [0.1, 0.15) is 37.7 Å². The van der Waals surface area contributed by atoms with Crippen molar-refractivity contribution in [3.63, 3.8) is 0 Å². The Bertz CT molecular complexity index is 653. The van der Waals surface area contributed by atoms with Crippen LogP contribution in [0.2, 0.25) is 0 Å². The van der Waals surface area contributed by atoms with Crippen molar-refractivity contribution >= 4 is 11.8 Å². The lowest BCUT2D eigenvalue weighted by molar-refractivity contribution is -0.140. The summed E-state index contributed by atoms with van der Waals surface area (Å²) >= 11 is 0. The Balaban J connectivity index is 1.58. The van der Waals surface area contributed by atoms with Gasteiger partial charge in [0.25, 0.3) is 0 Å². The van der Waals surface area contributed by atoms with Crippen molar-refractivity contribution in [3.05, 3.63) is 35.9 Å². The lowest BCUT2D eigenvalue weighted by atomic mass is 9.73. The van der Waals surface area contributed by atoms with E-state index in [0.29, 0.717) is 12.5 Å². The van der Waals surface area contributed by atoms with E-state index in [1.807, 2.05) is 35.0 Å². The minimum atomic E-state index is -0.416. The molecule has 3 fully saturated rings. The van der Waals surface area contributed by atoms with Crippen LogP contribution in [0.15, 0.2) is 30.3 Å². The van der Waals surface area contributed by atoms with E-state index in [0.717, 1.165) is 32.4 Å². The molecular weight excluding hydrogens is 300 g/mol. The Morgan fingerprint density at radius 2 is 1.92 bits per heavy atom. The van der Waals surface area contributed by atoms with E-state index >= 15 is 0 Å². The van der Waals surface area contributed by atoms with Crippen molar-refractivity contribution in [1.82, 2.24) is 9.80 Å². The number of carbonyl (C=O) groups excluding carboxylic acids is 2. The molecule has 0 radical (unpaired) electrons. The van der Waals surface area contributed by atoms with Gasteiger partial charge in [0, 0.05) is 38.5 Å². The zero-order valence-corrected chi connectivity index (χ0v) is 14.6. The third kappa shape index (κ3) is 2.27. The SMILES string of the molecule is CC1CC(C(=O)N2CC[C@@]3(C2)C(=O)N(C)C[C@H]3c2ccccc2)C1. The van der Waals surface area contributed by atoms with E-state index in [2.05, 4.69) is 19.1 Å². The smallest absolute Gasteiger partial charge is 0.231 e. The highest BCUT2D eigenvalue weighted by atomic mass is 16.2. The fraction of sp³-hybridized carbons (Fsp3) is 0.600. The molecule has 0 bridgehead atoms. The molecule has 0 aromatic heterocycles. The highest BCUT2D eigenvalue weighted by Gasteiger charge is 2.57. The van der Waals surface area contributed by atoms with Crippen molar-refractivity contribution < 1.29 is 9.59 Å². The number of likely N-dealkylation sites (N-methyl/N-ethyl adjacent to an activating group) is 1. The lowest BCUT2D eigenvalue weighted by Crippen LogP contribution is -2.43. The summed E-state index contributed by atoms with van der Waals surface area (Å²) in [4.78, 5) is 29.6. The Kier molecular flexibility index (Phi) is 3.66. The minimum absolute atomic E-state index is 0.189. The van der Waals surface area contributed by atoms with Gasteiger partial charge in [0.15, 0.2) is 0 Å². The summed E-state index contributed by atoms with van der Waals surface area (Å²) in [5.74, 6) is 1.55. The van der Waals surface area contributed by atoms with Gasteiger partial charge in [-0.3, -0.25) is 9.59 Å². The molecule has 2 atom stereocenters. The van der Waals surface area contributed by atoms with Gasteiger partial charge in [-0.1, -0.05) is 37.3 Å². The first-order valence-corrected chi connectivity index (χ1v) is 9.10. The van der Waals surface area contributed by atoms with Gasteiger partial charge in [0.2, 0.25) is 11.8 Å². The van der Waals surface area contributed by atoms with E-state index < -0.39 is 5.41 Å². The average molecular weight is 326 g/mol. The lowest BCUT2D eigenvalue weighted by Gasteiger charge is -2.35. The van der Waals surface area contributed by atoms with Crippen LogP contribution >= 0.6 is 0 Å². The van der Waals surface area contributed by atoms with Gasteiger partial charge in [-0.2, -0.15) is 0 Å². The summed E-state index contributed by atoms with van der Waals surface area (Å²) in [6.45, 7) is 4.29. The van der Waals surface area contributed by atoms with Crippen LogP contribution in [0.5, 0.6) is 0 Å². The topological polar surface area (TPSA) is 40.6 Å². The molecule has 4 nitrogen and oxygen atoms in total. The van der Waals surface area contributed by atoms with Gasteiger partial charge in [-0.15, -0.1) is 0 Å². The van der Waals surface area contributed by atoms with Gasteiger partial charge >= 0.3 is 0 Å². The molecule has 4 heteroatoms. The molecule has 1 aliphatic carbocycles. The number of likely N-dealkylation sites (tertiary alicyclic amines) is 2. The van der Waals surface area contributed by atoms with Crippen LogP contribution in [-0.4, -0.2) is 48.3 Å². The normalized spacial score (nSPS) is 35.6. The summed E-state index contributed by atoms with van der Waals surface area (Å²) in [6.07, 6.45) is 2.82. The molecule has 2 saturated heterocycles. The third-order valence-electron chi connectivity index (χ3n) is 6.43. The highest BCUT2D eigenvalue weighted by molar-refractivity contribution is 5.89. The quantitative estimate of drug-likeness (QED) is 0.838. The van der Waals surface area contributed by atoms with Crippen molar-refractivity contribution in [1.29, 1.82) is 0 Å². The van der Waals surface area contributed by atoms with Crippen LogP contribution < -0.4 is 0 Å². The van der Waals surface area contributed by atoms with E-state index in [9.17, 15) is 9.59 Å². The standard InChI is InChI=1S/C20H26N2O2/c1-14-10-16(11-14)18(23)22-9-8-20(13-22)17(12-21(2)19(20)24)15-6-4-3-5-7-15/h3-7,14,16-17H,8-13H2,1-2H3/t14?,16?,17-,20-/m0/s1. The van der Waals surface area contributed by atoms with Crippen molar-refractivity contribution in [2.75, 3.05) is 26.7 Å². The van der Waals surface area contributed by atoms with Crippen LogP contribution in [0, 0.1) is 17.3 Å². The van der Waals surface area contributed by atoms with Gasteiger partial charge in [0.1, 0.15) is 0 Å². The molecule has 0 unspecified atom stereocenters. The first kappa shape index (κ1) is 15.7. The van der Waals surface area contributed by atoms with Crippen LogP contribution in [0.25, 0.3) is 0 Å². The Morgan fingerprint density at radius 3 is 2.58 bits per heavy atom. The van der Waals surface area contributed by atoms with Crippen LogP contribution in [-0.2, 0) is 9.59 Å². The third-order valence-corrected chi connectivity index (χ3v) is 6.43. The highest BCUT2D eigenvalue weighted by Crippen LogP contribution is 2.50. The molecule has 1 aromatic rings. The summed E-state index contributed by atoms with van der Waals surface area (Å²) in [7, 11) is 1.89. The van der Waals surface area contributed by atoms with Crippen molar-refractivity contribution in [2.24, 2.45) is 17.3 Å². The number of carbonyl (C=O) groups is 2. The minimum Gasteiger partial charge on any atom is -0.345 e. The molecule has 128 valence electrons. The fourth-order valence-electron chi connectivity index (χ4n) is 5.01. The molecule has 1 saturated carbocycles. The maximum Gasteiger partial charge on any atom is 0.231 e. The Morgan fingerprint density at radius 1 is 1.21 bits per heavy atom. The summed E-state index contributed by atoms with van der Waals surface area (Å²) in [6, 6.07) is 10.3. The maximum absolute atomic E-state index is 13.0. The number of nitrogens with zero attached hydrogens (tertiary/aromatic N) is 2. The molecule has 2 amide bonds. The average Bonchev–Trinajstić information content (AvgIpc) is 3.11. The number of hydrogen-bond donors (Lipinski definition) is 0. The first-order chi connectivity index (χ1) is 11.5. The molecule has 24 heavy (non-hydrogen) atoms. The van der Waals surface area contributed by atoms with Crippen molar-refractivity contribution in [3.8, 4) is 0 Å². The second-order valence-electron chi connectivity index (χ2n) is 8.09. The molecule has 1 aromatic carbocycles.